The molecular weight excluding hydrogens is 442 g/mol. The average molecular weight is 470 g/mol. The van der Waals surface area contributed by atoms with Gasteiger partial charge in [-0.2, -0.15) is 4.31 Å². The largest absolute Gasteiger partial charge is 0.465 e. The third-order valence-electron chi connectivity index (χ3n) is 6.35. The number of methoxy groups -OCH3 is 1. The molecule has 2 fully saturated rings. The van der Waals surface area contributed by atoms with Crippen LogP contribution in [0.25, 0.3) is 0 Å². The summed E-state index contributed by atoms with van der Waals surface area (Å²) in [5.41, 5.74) is 0.882. The van der Waals surface area contributed by atoms with E-state index in [2.05, 4.69) is 11.6 Å². The number of rotatable bonds is 6. The van der Waals surface area contributed by atoms with Gasteiger partial charge >= 0.3 is 5.97 Å². The fraction of sp³-hybridized carbons (Fsp3) is 0.375. The Balaban J connectivity index is 1.74. The minimum Gasteiger partial charge on any atom is -0.465 e. The van der Waals surface area contributed by atoms with Gasteiger partial charge in [-0.1, -0.05) is 18.2 Å². The number of aromatic nitrogens is 1. The quantitative estimate of drug-likeness (QED) is 0.477. The number of hydrogen-bond donors (Lipinski definition) is 0. The van der Waals surface area contributed by atoms with Gasteiger partial charge in [-0.05, 0) is 49.6 Å². The number of pyridine rings is 1. The predicted molar refractivity (Wildman–Crippen MR) is 122 cm³/mol. The van der Waals surface area contributed by atoms with Crippen molar-refractivity contribution in [3.05, 3.63) is 72.6 Å². The number of esters is 1. The summed E-state index contributed by atoms with van der Waals surface area (Å²) in [5.74, 6) is -1.09. The first-order valence-corrected chi connectivity index (χ1v) is 12.3. The van der Waals surface area contributed by atoms with Crippen LogP contribution in [0, 0.1) is 5.92 Å². The van der Waals surface area contributed by atoms with Gasteiger partial charge in [0.05, 0.1) is 29.8 Å². The number of carbonyl (C=O) groups excluding carboxylic acids is 2. The van der Waals surface area contributed by atoms with Crippen LogP contribution in [-0.4, -0.2) is 60.2 Å². The van der Waals surface area contributed by atoms with Gasteiger partial charge in [0, 0.05) is 24.7 Å². The molecule has 1 amide bonds. The lowest BCUT2D eigenvalue weighted by Gasteiger charge is -2.40. The molecular formula is C24H27N3O5S. The number of benzene rings is 1. The molecule has 0 unspecified atom stereocenters. The highest BCUT2D eigenvalue weighted by Gasteiger charge is 2.49. The van der Waals surface area contributed by atoms with Gasteiger partial charge < -0.3 is 9.64 Å². The Morgan fingerprint density at radius 2 is 2.06 bits per heavy atom. The number of fused-ring (bicyclic) bond motifs is 2. The lowest BCUT2D eigenvalue weighted by molar-refractivity contribution is -0.135. The first-order valence-electron chi connectivity index (χ1n) is 10.9. The van der Waals surface area contributed by atoms with E-state index < -0.39 is 28.1 Å². The number of nitrogens with zero attached hydrogens (tertiary/aromatic N) is 3. The molecule has 1 aromatic heterocycles. The Bertz CT molecular complexity index is 1150. The van der Waals surface area contributed by atoms with Crippen LogP contribution in [0.2, 0.25) is 0 Å². The minimum absolute atomic E-state index is 0.0314. The molecule has 2 saturated heterocycles. The van der Waals surface area contributed by atoms with E-state index in [4.69, 9.17) is 4.74 Å². The number of sulfonamides is 1. The normalized spacial score (nSPS) is 23.6. The van der Waals surface area contributed by atoms with E-state index in [0.29, 0.717) is 25.9 Å². The van der Waals surface area contributed by atoms with E-state index in [1.165, 1.54) is 35.7 Å². The monoisotopic (exact) mass is 469 g/mol. The predicted octanol–water partition coefficient (Wildman–Crippen LogP) is 2.62. The van der Waals surface area contributed by atoms with Crippen molar-refractivity contribution in [1.29, 1.82) is 0 Å². The number of amides is 1. The van der Waals surface area contributed by atoms with Crippen LogP contribution in [-0.2, 0) is 26.1 Å². The molecule has 0 spiro atoms. The van der Waals surface area contributed by atoms with E-state index in [-0.39, 0.29) is 22.3 Å². The molecule has 0 radical (unpaired) electrons. The fourth-order valence-electron chi connectivity index (χ4n) is 4.75. The maximum atomic E-state index is 13.8. The molecule has 4 rings (SSSR count). The minimum atomic E-state index is -4.07. The van der Waals surface area contributed by atoms with Crippen LogP contribution < -0.4 is 0 Å². The van der Waals surface area contributed by atoms with E-state index >= 15 is 0 Å². The van der Waals surface area contributed by atoms with E-state index in [9.17, 15) is 18.0 Å². The molecule has 0 N–H and O–H groups in total. The van der Waals surface area contributed by atoms with Crippen LogP contribution >= 0.6 is 0 Å². The van der Waals surface area contributed by atoms with Crippen LogP contribution in [0.15, 0.2) is 66.2 Å². The molecule has 2 aromatic rings. The Morgan fingerprint density at radius 1 is 1.24 bits per heavy atom. The van der Waals surface area contributed by atoms with Gasteiger partial charge in [0.15, 0.2) is 0 Å². The molecule has 0 aliphatic carbocycles. The lowest BCUT2D eigenvalue weighted by Crippen LogP contribution is -2.54. The molecule has 2 aliphatic rings. The SMILES string of the molecule is C=C[C@@H]1CN(Cc2ccccn2)C(=O)[C@@H]2CCC[C@H]1N2S(=O)(=O)c1cccc(C(=O)OC)c1. The van der Waals surface area contributed by atoms with Crippen LogP contribution in [0.5, 0.6) is 0 Å². The standard InChI is InChI=1S/C24H27N3O5S/c1-3-17-15-26(16-19-9-4-5-13-25-19)23(28)22-12-7-11-21(17)27(22)33(30,31)20-10-6-8-18(14-20)24(29)32-2/h3-6,8-10,13-14,17,21-22H,1,7,11-12,15-16H2,2H3/t17-,21-,22+/m1/s1. The smallest absolute Gasteiger partial charge is 0.337 e. The van der Waals surface area contributed by atoms with Crippen LogP contribution in [0.1, 0.15) is 35.3 Å². The maximum Gasteiger partial charge on any atom is 0.337 e. The fourth-order valence-corrected chi connectivity index (χ4v) is 6.67. The van der Waals surface area contributed by atoms with Crippen molar-refractivity contribution in [1.82, 2.24) is 14.2 Å². The Hall–Kier alpha value is -3.04. The zero-order chi connectivity index (χ0) is 23.6. The molecule has 9 heteroatoms. The number of carbonyl (C=O) groups is 2. The Kier molecular flexibility index (Phi) is 6.62. The van der Waals surface area contributed by atoms with Gasteiger partial charge in [0.1, 0.15) is 6.04 Å². The maximum absolute atomic E-state index is 13.8. The average Bonchev–Trinajstić information content (AvgIpc) is 2.91. The lowest BCUT2D eigenvalue weighted by atomic mass is 9.90. The zero-order valence-electron chi connectivity index (χ0n) is 18.5. The summed E-state index contributed by atoms with van der Waals surface area (Å²) < 4.78 is 33.8. The van der Waals surface area contributed by atoms with Crippen molar-refractivity contribution in [2.75, 3.05) is 13.7 Å². The third-order valence-corrected chi connectivity index (χ3v) is 8.28. The van der Waals surface area contributed by atoms with Crippen molar-refractivity contribution >= 4 is 21.9 Å². The summed E-state index contributed by atoms with van der Waals surface area (Å²) in [6.07, 6.45) is 5.23. The Morgan fingerprint density at radius 3 is 2.76 bits per heavy atom. The number of piperidine rings is 1. The molecule has 1 aromatic carbocycles. The van der Waals surface area contributed by atoms with Gasteiger partial charge in [0.2, 0.25) is 15.9 Å². The summed E-state index contributed by atoms with van der Waals surface area (Å²) in [6.45, 7) is 4.62. The first-order chi connectivity index (χ1) is 15.9. The summed E-state index contributed by atoms with van der Waals surface area (Å²) in [7, 11) is -2.82. The summed E-state index contributed by atoms with van der Waals surface area (Å²) in [5, 5.41) is 0. The highest BCUT2D eigenvalue weighted by atomic mass is 32.2. The summed E-state index contributed by atoms with van der Waals surface area (Å²) in [6, 6.07) is 10.1. The molecule has 2 bridgehead atoms. The second-order valence-corrected chi connectivity index (χ2v) is 10.2. The Labute approximate surface area is 193 Å². The van der Waals surface area contributed by atoms with Gasteiger partial charge in [-0.25, -0.2) is 13.2 Å². The highest BCUT2D eigenvalue weighted by Crippen LogP contribution is 2.37. The van der Waals surface area contributed by atoms with Crippen molar-refractivity contribution in [2.24, 2.45) is 5.92 Å². The molecule has 3 heterocycles. The van der Waals surface area contributed by atoms with Crippen LogP contribution in [0.4, 0.5) is 0 Å². The van der Waals surface area contributed by atoms with Crippen molar-refractivity contribution in [3.8, 4) is 0 Å². The third kappa shape index (κ3) is 4.43. The van der Waals surface area contributed by atoms with Crippen molar-refractivity contribution < 1.29 is 22.7 Å². The van der Waals surface area contributed by atoms with Crippen molar-refractivity contribution in [3.63, 3.8) is 0 Å². The second-order valence-electron chi connectivity index (χ2n) is 8.31. The van der Waals surface area contributed by atoms with Crippen LogP contribution in [0.3, 0.4) is 0 Å². The summed E-state index contributed by atoms with van der Waals surface area (Å²) >= 11 is 0. The van der Waals surface area contributed by atoms with Gasteiger partial charge in [-0.3, -0.25) is 9.78 Å². The number of hydrogen-bond acceptors (Lipinski definition) is 6. The van der Waals surface area contributed by atoms with E-state index in [0.717, 1.165) is 12.1 Å². The molecule has 174 valence electrons. The highest BCUT2D eigenvalue weighted by molar-refractivity contribution is 7.89. The molecule has 2 aliphatic heterocycles. The molecule has 3 atom stereocenters. The number of ether oxygens (including phenoxy) is 1. The van der Waals surface area contributed by atoms with Gasteiger partial charge in [0.25, 0.3) is 0 Å². The first kappa shape index (κ1) is 23.1. The second kappa shape index (κ2) is 9.44. The molecule has 8 nitrogen and oxygen atoms in total. The summed E-state index contributed by atoms with van der Waals surface area (Å²) in [4.78, 5) is 31.6. The zero-order valence-corrected chi connectivity index (χ0v) is 19.3. The molecule has 0 saturated carbocycles. The van der Waals surface area contributed by atoms with Crippen molar-refractivity contribution in [2.45, 2.75) is 42.8 Å². The van der Waals surface area contributed by atoms with Gasteiger partial charge in [-0.15, -0.1) is 6.58 Å². The topological polar surface area (TPSA) is 96.9 Å². The molecule has 33 heavy (non-hydrogen) atoms. The van der Waals surface area contributed by atoms with E-state index in [1.54, 1.807) is 17.2 Å². The van der Waals surface area contributed by atoms with E-state index in [1.807, 2.05) is 18.2 Å².